The van der Waals surface area contributed by atoms with Crippen LogP contribution in [-0.2, 0) is 4.79 Å². The second-order valence-corrected chi connectivity index (χ2v) is 4.66. The van der Waals surface area contributed by atoms with Crippen LogP contribution in [0.2, 0.25) is 10.0 Å². The molecule has 0 saturated heterocycles. The quantitative estimate of drug-likeness (QED) is 0.915. The van der Waals surface area contributed by atoms with Crippen molar-refractivity contribution >= 4 is 34.8 Å². The van der Waals surface area contributed by atoms with E-state index in [0.29, 0.717) is 22.3 Å². The molecule has 5 heteroatoms. The standard InChI is InChI=1S/C12H16Cl2N2O/c1-4-16(3)12(17)7-15-11-6-9(13)8(2)5-10(11)14/h5-6,15H,4,7H2,1-3H3. The van der Waals surface area contributed by atoms with Crippen molar-refractivity contribution in [2.75, 3.05) is 25.5 Å². The van der Waals surface area contributed by atoms with Gasteiger partial charge < -0.3 is 10.2 Å². The fraction of sp³-hybridized carbons (Fsp3) is 0.417. The molecule has 0 aliphatic rings. The van der Waals surface area contributed by atoms with E-state index in [-0.39, 0.29) is 12.5 Å². The van der Waals surface area contributed by atoms with Crippen LogP contribution in [0.15, 0.2) is 12.1 Å². The number of hydrogen-bond donors (Lipinski definition) is 1. The predicted molar refractivity (Wildman–Crippen MR) is 73.0 cm³/mol. The van der Waals surface area contributed by atoms with E-state index in [1.807, 2.05) is 13.8 Å². The van der Waals surface area contributed by atoms with E-state index < -0.39 is 0 Å². The van der Waals surface area contributed by atoms with Gasteiger partial charge in [0.1, 0.15) is 0 Å². The lowest BCUT2D eigenvalue weighted by molar-refractivity contribution is -0.127. The molecule has 1 rings (SSSR count). The summed E-state index contributed by atoms with van der Waals surface area (Å²) in [5.41, 5.74) is 1.60. The number of nitrogens with zero attached hydrogens (tertiary/aromatic N) is 1. The normalized spacial score (nSPS) is 10.2. The third-order valence-electron chi connectivity index (χ3n) is 2.58. The van der Waals surface area contributed by atoms with E-state index in [1.54, 1.807) is 24.1 Å². The topological polar surface area (TPSA) is 32.3 Å². The molecule has 0 aliphatic carbocycles. The van der Waals surface area contributed by atoms with E-state index in [0.717, 1.165) is 5.56 Å². The fourth-order valence-electron chi connectivity index (χ4n) is 1.26. The van der Waals surface area contributed by atoms with Gasteiger partial charge in [-0.05, 0) is 31.5 Å². The van der Waals surface area contributed by atoms with Crippen LogP contribution in [0.4, 0.5) is 5.69 Å². The minimum atomic E-state index is 0.0141. The molecule has 3 nitrogen and oxygen atoms in total. The summed E-state index contributed by atoms with van der Waals surface area (Å²) >= 11 is 12.0. The molecule has 0 aromatic heterocycles. The van der Waals surface area contributed by atoms with Gasteiger partial charge in [-0.25, -0.2) is 0 Å². The molecule has 94 valence electrons. The number of rotatable bonds is 4. The zero-order valence-corrected chi connectivity index (χ0v) is 11.7. The first-order valence-corrected chi connectivity index (χ1v) is 6.14. The molecule has 1 amide bonds. The molecule has 0 unspecified atom stereocenters. The average Bonchev–Trinajstić information content (AvgIpc) is 2.30. The van der Waals surface area contributed by atoms with Gasteiger partial charge in [-0.3, -0.25) is 4.79 Å². The Labute approximate surface area is 112 Å². The lowest BCUT2D eigenvalue weighted by Crippen LogP contribution is -2.31. The number of halogens is 2. The molecule has 17 heavy (non-hydrogen) atoms. The first-order valence-electron chi connectivity index (χ1n) is 5.39. The van der Waals surface area contributed by atoms with Gasteiger partial charge in [0.25, 0.3) is 0 Å². The summed E-state index contributed by atoms with van der Waals surface area (Å²) in [4.78, 5) is 13.2. The molecule has 1 N–H and O–H groups in total. The van der Waals surface area contributed by atoms with E-state index in [9.17, 15) is 4.79 Å². The van der Waals surface area contributed by atoms with E-state index in [2.05, 4.69) is 5.32 Å². The van der Waals surface area contributed by atoms with Crippen LogP contribution in [0.1, 0.15) is 12.5 Å². The molecule has 0 saturated carbocycles. The minimum Gasteiger partial charge on any atom is -0.375 e. The Morgan fingerprint density at radius 3 is 2.59 bits per heavy atom. The maximum Gasteiger partial charge on any atom is 0.241 e. The number of carbonyl (C=O) groups excluding carboxylic acids is 1. The second kappa shape index (κ2) is 6.12. The van der Waals surface area contributed by atoms with Crippen molar-refractivity contribution in [1.82, 2.24) is 4.90 Å². The number of nitrogens with one attached hydrogen (secondary N) is 1. The smallest absolute Gasteiger partial charge is 0.241 e. The van der Waals surface area contributed by atoms with Crippen LogP contribution in [-0.4, -0.2) is 30.9 Å². The lowest BCUT2D eigenvalue weighted by Gasteiger charge is -2.16. The largest absolute Gasteiger partial charge is 0.375 e. The summed E-state index contributed by atoms with van der Waals surface area (Å²) in [7, 11) is 1.76. The molecule has 1 aromatic carbocycles. The van der Waals surface area contributed by atoms with Crippen LogP contribution in [0, 0.1) is 6.92 Å². The minimum absolute atomic E-state index is 0.0141. The van der Waals surface area contributed by atoms with E-state index >= 15 is 0 Å². The van der Waals surface area contributed by atoms with Gasteiger partial charge in [0.15, 0.2) is 0 Å². The van der Waals surface area contributed by atoms with Gasteiger partial charge >= 0.3 is 0 Å². The van der Waals surface area contributed by atoms with E-state index in [1.165, 1.54) is 0 Å². The number of benzene rings is 1. The number of aryl methyl sites for hydroxylation is 1. The summed E-state index contributed by atoms with van der Waals surface area (Å²) in [6.07, 6.45) is 0. The van der Waals surface area contributed by atoms with Crippen molar-refractivity contribution in [3.8, 4) is 0 Å². The summed E-state index contributed by atoms with van der Waals surface area (Å²) < 4.78 is 0. The third kappa shape index (κ3) is 3.79. The Morgan fingerprint density at radius 1 is 1.35 bits per heavy atom. The van der Waals surface area contributed by atoms with Gasteiger partial charge in [-0.2, -0.15) is 0 Å². The molecule has 0 fully saturated rings. The highest BCUT2D eigenvalue weighted by Crippen LogP contribution is 2.28. The van der Waals surface area contributed by atoms with Gasteiger partial charge in [0.05, 0.1) is 17.3 Å². The Hall–Kier alpha value is -0.930. The van der Waals surface area contributed by atoms with Crippen molar-refractivity contribution in [3.05, 3.63) is 27.7 Å². The number of likely N-dealkylation sites (N-methyl/N-ethyl adjacent to an activating group) is 1. The van der Waals surface area contributed by atoms with Crippen LogP contribution in [0.3, 0.4) is 0 Å². The molecule has 0 spiro atoms. The molecule has 0 bridgehead atoms. The Balaban J connectivity index is 2.70. The Bertz CT molecular complexity index is 421. The number of amides is 1. The number of anilines is 1. The van der Waals surface area contributed by atoms with Gasteiger partial charge in [0, 0.05) is 18.6 Å². The molecular formula is C12H16Cl2N2O. The Kier molecular flexibility index (Phi) is 5.09. The first-order chi connectivity index (χ1) is 7.95. The lowest BCUT2D eigenvalue weighted by atomic mass is 10.2. The average molecular weight is 275 g/mol. The van der Waals surface area contributed by atoms with Gasteiger partial charge in [0.2, 0.25) is 5.91 Å². The van der Waals surface area contributed by atoms with Crippen LogP contribution >= 0.6 is 23.2 Å². The third-order valence-corrected chi connectivity index (χ3v) is 3.30. The van der Waals surface area contributed by atoms with Crippen molar-refractivity contribution in [2.24, 2.45) is 0 Å². The summed E-state index contributed by atoms with van der Waals surface area (Å²) in [5, 5.41) is 4.19. The molecule has 0 heterocycles. The SMILES string of the molecule is CCN(C)C(=O)CNc1cc(Cl)c(C)cc1Cl. The second-order valence-electron chi connectivity index (χ2n) is 3.84. The highest BCUT2D eigenvalue weighted by Gasteiger charge is 2.09. The Morgan fingerprint density at radius 2 is 2.00 bits per heavy atom. The summed E-state index contributed by atoms with van der Waals surface area (Å²) in [6, 6.07) is 3.51. The molecular weight excluding hydrogens is 259 g/mol. The molecule has 0 aliphatic heterocycles. The van der Waals surface area contributed by atoms with Crippen LogP contribution in [0.5, 0.6) is 0 Å². The highest BCUT2D eigenvalue weighted by molar-refractivity contribution is 6.35. The zero-order chi connectivity index (χ0) is 13.0. The van der Waals surface area contributed by atoms with Crippen molar-refractivity contribution < 1.29 is 4.79 Å². The number of hydrogen-bond acceptors (Lipinski definition) is 2. The highest BCUT2D eigenvalue weighted by atomic mass is 35.5. The first kappa shape index (κ1) is 14.1. The maximum atomic E-state index is 11.6. The van der Waals surface area contributed by atoms with Crippen LogP contribution < -0.4 is 5.32 Å². The van der Waals surface area contributed by atoms with Crippen molar-refractivity contribution in [3.63, 3.8) is 0 Å². The summed E-state index contributed by atoms with van der Waals surface area (Å²) in [5.74, 6) is 0.0141. The fourth-order valence-corrected chi connectivity index (χ4v) is 1.71. The van der Waals surface area contributed by atoms with Gasteiger partial charge in [-0.1, -0.05) is 23.2 Å². The zero-order valence-electron chi connectivity index (χ0n) is 10.2. The molecule has 1 aromatic rings. The van der Waals surface area contributed by atoms with E-state index in [4.69, 9.17) is 23.2 Å². The number of carbonyl (C=O) groups is 1. The van der Waals surface area contributed by atoms with Crippen molar-refractivity contribution in [2.45, 2.75) is 13.8 Å². The monoisotopic (exact) mass is 274 g/mol. The van der Waals surface area contributed by atoms with Crippen LogP contribution in [0.25, 0.3) is 0 Å². The molecule has 0 atom stereocenters. The predicted octanol–water partition coefficient (Wildman–Crippen LogP) is 3.19. The van der Waals surface area contributed by atoms with Crippen molar-refractivity contribution in [1.29, 1.82) is 0 Å². The summed E-state index contributed by atoms with van der Waals surface area (Å²) in [6.45, 7) is 4.70. The molecule has 0 radical (unpaired) electrons. The van der Waals surface area contributed by atoms with Gasteiger partial charge in [-0.15, -0.1) is 0 Å². The maximum absolute atomic E-state index is 11.6.